The Kier molecular flexibility index (Phi) is 4.86. The second-order valence-corrected chi connectivity index (χ2v) is 9.08. The molecule has 1 atom stereocenters. The van der Waals surface area contributed by atoms with E-state index in [1.807, 2.05) is 58.0 Å². The fourth-order valence-electron chi connectivity index (χ4n) is 4.10. The van der Waals surface area contributed by atoms with Crippen LogP contribution in [0.4, 0.5) is 5.13 Å². The summed E-state index contributed by atoms with van der Waals surface area (Å²) in [6.45, 7) is 8.24. The second-order valence-electron chi connectivity index (χ2n) is 7.89. The Morgan fingerprint density at radius 2 is 1.94 bits per heavy atom. The van der Waals surface area contributed by atoms with E-state index in [1.165, 1.54) is 11.3 Å². The van der Waals surface area contributed by atoms with Crippen molar-refractivity contribution in [2.45, 2.75) is 33.7 Å². The zero-order valence-corrected chi connectivity index (χ0v) is 19.1. The molecule has 0 saturated heterocycles. The highest BCUT2D eigenvalue weighted by atomic mass is 32.1. The van der Waals surface area contributed by atoms with E-state index in [-0.39, 0.29) is 17.1 Å². The third-order valence-electron chi connectivity index (χ3n) is 5.73. The number of aromatic nitrogens is 1. The number of carbonyl (C=O) groups is 1. The van der Waals surface area contributed by atoms with Crippen molar-refractivity contribution in [3.05, 3.63) is 85.7 Å². The number of benzene rings is 2. The van der Waals surface area contributed by atoms with Crippen LogP contribution in [0.2, 0.25) is 0 Å². The monoisotopic (exact) mass is 446 g/mol. The van der Waals surface area contributed by atoms with E-state index in [9.17, 15) is 9.59 Å². The molecule has 0 spiro atoms. The van der Waals surface area contributed by atoms with Gasteiger partial charge in [0.25, 0.3) is 5.91 Å². The van der Waals surface area contributed by atoms with Crippen molar-refractivity contribution in [1.29, 1.82) is 0 Å². The van der Waals surface area contributed by atoms with Crippen LogP contribution in [0, 0.1) is 20.8 Å². The normalized spacial score (nSPS) is 15.4. The summed E-state index contributed by atoms with van der Waals surface area (Å²) in [5, 5.41) is 1.01. The lowest BCUT2D eigenvalue weighted by atomic mass is 9.98. The van der Waals surface area contributed by atoms with E-state index in [4.69, 9.17) is 9.15 Å². The lowest BCUT2D eigenvalue weighted by molar-refractivity contribution is 0.0971. The van der Waals surface area contributed by atoms with Gasteiger partial charge in [-0.15, -0.1) is 11.3 Å². The van der Waals surface area contributed by atoms with Gasteiger partial charge in [-0.2, -0.15) is 0 Å². The maximum atomic E-state index is 13.7. The third-order valence-corrected chi connectivity index (χ3v) is 6.81. The zero-order chi connectivity index (χ0) is 22.6. The topological polar surface area (TPSA) is 72.6 Å². The minimum absolute atomic E-state index is 0.0728. The molecule has 7 heteroatoms. The van der Waals surface area contributed by atoms with Crippen LogP contribution in [-0.2, 0) is 0 Å². The van der Waals surface area contributed by atoms with Crippen LogP contribution in [0.15, 0.2) is 51.7 Å². The molecule has 0 saturated carbocycles. The van der Waals surface area contributed by atoms with Crippen molar-refractivity contribution in [1.82, 2.24) is 4.98 Å². The maximum Gasteiger partial charge on any atom is 0.297 e. The molecule has 0 aliphatic carbocycles. The van der Waals surface area contributed by atoms with E-state index in [0.29, 0.717) is 34.0 Å². The van der Waals surface area contributed by atoms with E-state index < -0.39 is 6.04 Å². The van der Waals surface area contributed by atoms with Gasteiger partial charge in [-0.05, 0) is 57.5 Å². The summed E-state index contributed by atoms with van der Waals surface area (Å²) in [6, 6.07) is 12.3. The Bertz CT molecular complexity index is 1420. The minimum atomic E-state index is -0.649. The number of anilines is 1. The summed E-state index contributed by atoms with van der Waals surface area (Å²) in [5.41, 5.74) is 3.13. The highest BCUT2D eigenvalue weighted by Gasteiger charge is 2.45. The highest BCUT2D eigenvalue weighted by Crippen LogP contribution is 2.43. The molecule has 162 valence electrons. The summed E-state index contributed by atoms with van der Waals surface area (Å²) in [4.78, 5) is 34.5. The first-order valence-electron chi connectivity index (χ1n) is 10.5. The molecule has 0 radical (unpaired) electrons. The standard InChI is InChI=1S/C25H22N2O4S/c1-5-30-17-8-6-7-16(12-17)21-20-22(28)18-11-13(2)9-10-19(18)31-23(20)24(29)27(21)25-26-14(3)15(4)32-25/h6-12,21H,5H2,1-4H3/t21-/m0/s1. The van der Waals surface area contributed by atoms with Crippen molar-refractivity contribution in [3.63, 3.8) is 0 Å². The second kappa shape index (κ2) is 7.60. The fraction of sp³-hybridized carbons (Fsp3) is 0.240. The molecule has 5 rings (SSSR count). The average Bonchev–Trinajstić information content (AvgIpc) is 3.25. The Balaban J connectivity index is 1.80. The van der Waals surface area contributed by atoms with Gasteiger partial charge in [0.2, 0.25) is 5.76 Å². The highest BCUT2D eigenvalue weighted by molar-refractivity contribution is 7.15. The molecule has 32 heavy (non-hydrogen) atoms. The molecule has 0 bridgehead atoms. The zero-order valence-electron chi connectivity index (χ0n) is 18.3. The molecular formula is C25H22N2O4S. The Morgan fingerprint density at radius 1 is 1.12 bits per heavy atom. The number of hydrogen-bond donors (Lipinski definition) is 0. The molecule has 0 fully saturated rings. The largest absolute Gasteiger partial charge is 0.494 e. The number of amides is 1. The molecule has 2 aromatic carbocycles. The first-order chi connectivity index (χ1) is 15.4. The van der Waals surface area contributed by atoms with E-state index in [1.54, 1.807) is 17.0 Å². The minimum Gasteiger partial charge on any atom is -0.494 e. The number of carbonyl (C=O) groups excluding carboxylic acids is 1. The van der Waals surface area contributed by atoms with Gasteiger partial charge in [-0.25, -0.2) is 4.98 Å². The molecule has 1 aliphatic heterocycles. The number of thiazole rings is 1. The van der Waals surface area contributed by atoms with Crippen LogP contribution in [0.5, 0.6) is 5.75 Å². The van der Waals surface area contributed by atoms with Gasteiger partial charge in [-0.3, -0.25) is 14.5 Å². The van der Waals surface area contributed by atoms with Gasteiger partial charge in [0, 0.05) is 4.88 Å². The molecule has 0 unspecified atom stereocenters. The van der Waals surface area contributed by atoms with Crippen LogP contribution < -0.4 is 15.1 Å². The SMILES string of the molecule is CCOc1cccc([C@H]2c3c(oc4ccc(C)cc4c3=O)C(=O)N2c2nc(C)c(C)s2)c1. The van der Waals surface area contributed by atoms with Gasteiger partial charge < -0.3 is 9.15 Å². The summed E-state index contributed by atoms with van der Waals surface area (Å²) in [7, 11) is 0. The maximum absolute atomic E-state index is 13.7. The first kappa shape index (κ1) is 20.5. The number of hydrogen-bond acceptors (Lipinski definition) is 6. The van der Waals surface area contributed by atoms with E-state index in [0.717, 1.165) is 21.7 Å². The number of fused-ring (bicyclic) bond motifs is 2. The molecular weight excluding hydrogens is 424 g/mol. The van der Waals surface area contributed by atoms with Gasteiger partial charge >= 0.3 is 0 Å². The number of aryl methyl sites for hydroxylation is 3. The molecule has 4 aromatic rings. The van der Waals surface area contributed by atoms with Crippen LogP contribution in [-0.4, -0.2) is 17.5 Å². The van der Waals surface area contributed by atoms with Gasteiger partial charge in [0.05, 0.1) is 29.3 Å². The average molecular weight is 447 g/mol. The van der Waals surface area contributed by atoms with Gasteiger partial charge in [-0.1, -0.05) is 23.8 Å². The van der Waals surface area contributed by atoms with Crippen LogP contribution in [0.25, 0.3) is 11.0 Å². The van der Waals surface area contributed by atoms with Crippen molar-refractivity contribution < 1.29 is 13.9 Å². The first-order valence-corrected chi connectivity index (χ1v) is 11.3. The lowest BCUT2D eigenvalue weighted by Gasteiger charge is -2.23. The molecule has 6 nitrogen and oxygen atoms in total. The van der Waals surface area contributed by atoms with Gasteiger partial charge in [0.15, 0.2) is 10.6 Å². The molecule has 2 aromatic heterocycles. The Morgan fingerprint density at radius 3 is 2.66 bits per heavy atom. The van der Waals surface area contributed by atoms with Crippen LogP contribution in [0.3, 0.4) is 0 Å². The number of ether oxygens (including phenoxy) is 1. The third kappa shape index (κ3) is 3.12. The Hall–Kier alpha value is -3.45. The predicted octanol–water partition coefficient (Wildman–Crippen LogP) is 5.32. The quantitative estimate of drug-likeness (QED) is 0.424. The van der Waals surface area contributed by atoms with Crippen LogP contribution in [0.1, 0.15) is 50.8 Å². The number of nitrogens with zero attached hydrogens (tertiary/aromatic N) is 2. The summed E-state index contributed by atoms with van der Waals surface area (Å²) < 4.78 is 11.7. The smallest absolute Gasteiger partial charge is 0.297 e. The van der Waals surface area contributed by atoms with Crippen molar-refractivity contribution in [3.8, 4) is 5.75 Å². The summed E-state index contributed by atoms with van der Waals surface area (Å²) in [5.74, 6) is 0.391. The van der Waals surface area contributed by atoms with Crippen LogP contribution >= 0.6 is 11.3 Å². The Labute approximate surface area is 189 Å². The van der Waals surface area contributed by atoms with Crippen molar-refractivity contribution in [2.24, 2.45) is 0 Å². The predicted molar refractivity (Wildman–Crippen MR) is 125 cm³/mol. The van der Waals surface area contributed by atoms with Crippen molar-refractivity contribution in [2.75, 3.05) is 11.5 Å². The molecule has 1 aliphatic rings. The van der Waals surface area contributed by atoms with Crippen molar-refractivity contribution >= 4 is 33.3 Å². The van der Waals surface area contributed by atoms with E-state index >= 15 is 0 Å². The molecule has 1 amide bonds. The summed E-state index contributed by atoms with van der Waals surface area (Å²) in [6.07, 6.45) is 0. The molecule has 0 N–H and O–H groups in total. The molecule has 3 heterocycles. The van der Waals surface area contributed by atoms with E-state index in [2.05, 4.69) is 4.98 Å². The van der Waals surface area contributed by atoms with Gasteiger partial charge in [0.1, 0.15) is 11.3 Å². The fourth-order valence-corrected chi connectivity index (χ4v) is 5.04. The lowest BCUT2D eigenvalue weighted by Crippen LogP contribution is -2.29. The summed E-state index contributed by atoms with van der Waals surface area (Å²) >= 11 is 1.43. The number of rotatable bonds is 4.